The Bertz CT molecular complexity index is 999. The third-order valence-corrected chi connectivity index (χ3v) is 5.76. The molecule has 4 rings (SSSR count). The van der Waals surface area contributed by atoms with E-state index in [0.29, 0.717) is 12.4 Å². The summed E-state index contributed by atoms with van der Waals surface area (Å²) in [6.45, 7) is 2.29. The van der Waals surface area contributed by atoms with Crippen LogP contribution in [0.25, 0.3) is 11.0 Å². The van der Waals surface area contributed by atoms with Crippen molar-refractivity contribution in [3.63, 3.8) is 0 Å². The van der Waals surface area contributed by atoms with Gasteiger partial charge in [-0.25, -0.2) is 4.98 Å². The van der Waals surface area contributed by atoms with E-state index < -0.39 is 0 Å². The number of thioether (sulfide) groups is 1. The maximum absolute atomic E-state index is 12.8. The first kappa shape index (κ1) is 18.6. The highest BCUT2D eigenvalue weighted by atomic mass is 32.2. The van der Waals surface area contributed by atoms with Gasteiger partial charge in [-0.3, -0.25) is 9.59 Å². The fourth-order valence-electron chi connectivity index (χ4n) is 3.49. The predicted octanol–water partition coefficient (Wildman–Crippen LogP) is 3.52. The number of nitrogens with zero attached hydrogens (tertiary/aromatic N) is 2. The number of anilines is 1. The van der Waals surface area contributed by atoms with Crippen molar-refractivity contribution < 1.29 is 9.59 Å². The van der Waals surface area contributed by atoms with E-state index in [2.05, 4.69) is 15.3 Å². The average molecular weight is 395 g/mol. The molecule has 0 radical (unpaired) electrons. The monoisotopic (exact) mass is 394 g/mol. The molecule has 6 nitrogen and oxygen atoms in total. The van der Waals surface area contributed by atoms with Gasteiger partial charge in [-0.2, -0.15) is 0 Å². The molecule has 1 aliphatic heterocycles. The lowest BCUT2D eigenvalue weighted by Gasteiger charge is -2.18. The molecule has 1 saturated heterocycles. The Morgan fingerprint density at radius 3 is 2.89 bits per heavy atom. The summed E-state index contributed by atoms with van der Waals surface area (Å²) in [4.78, 5) is 35.8. The van der Waals surface area contributed by atoms with Gasteiger partial charge < -0.3 is 15.2 Å². The molecule has 2 atom stereocenters. The van der Waals surface area contributed by atoms with E-state index in [0.717, 1.165) is 21.6 Å². The first-order chi connectivity index (χ1) is 13.5. The third-order valence-electron chi connectivity index (χ3n) is 5.04. The molecular formula is C21H22N4O2S. The van der Waals surface area contributed by atoms with Crippen LogP contribution in [0.15, 0.2) is 53.4 Å². The molecule has 1 aliphatic rings. The van der Waals surface area contributed by atoms with Crippen LogP contribution in [0.2, 0.25) is 0 Å². The number of benzene rings is 2. The molecule has 0 aliphatic carbocycles. The van der Waals surface area contributed by atoms with Crippen molar-refractivity contribution in [3.8, 4) is 0 Å². The van der Waals surface area contributed by atoms with E-state index >= 15 is 0 Å². The summed E-state index contributed by atoms with van der Waals surface area (Å²) in [5.41, 5.74) is 2.65. The number of carbonyl (C=O) groups excluding carboxylic acids is 2. The van der Waals surface area contributed by atoms with E-state index in [1.54, 1.807) is 16.7 Å². The molecule has 0 spiro atoms. The number of amides is 2. The van der Waals surface area contributed by atoms with Crippen LogP contribution in [0.3, 0.4) is 0 Å². The fourth-order valence-corrected chi connectivity index (χ4v) is 3.94. The number of hydrogen-bond acceptors (Lipinski definition) is 4. The first-order valence-corrected chi connectivity index (χ1v) is 10.5. The summed E-state index contributed by atoms with van der Waals surface area (Å²) in [6, 6.07) is 15.3. The Hall–Kier alpha value is -2.80. The summed E-state index contributed by atoms with van der Waals surface area (Å²) in [5.74, 6) is 0.209. The number of imidazole rings is 1. The molecular weight excluding hydrogens is 372 g/mol. The smallest absolute Gasteiger partial charge is 0.227 e. The number of hydrogen-bond donors (Lipinski definition) is 2. The van der Waals surface area contributed by atoms with Crippen LogP contribution in [-0.2, 0) is 9.59 Å². The Balaban J connectivity index is 1.44. The quantitative estimate of drug-likeness (QED) is 0.649. The second-order valence-corrected chi connectivity index (χ2v) is 7.86. The second kappa shape index (κ2) is 7.67. The number of aromatic nitrogens is 2. The number of para-hydroxylation sites is 2. The molecule has 2 amide bonds. The lowest BCUT2D eigenvalue weighted by molar-refractivity contribution is -0.126. The maximum Gasteiger partial charge on any atom is 0.227 e. The number of rotatable bonds is 5. The summed E-state index contributed by atoms with van der Waals surface area (Å²) < 4.78 is 0. The molecule has 2 N–H and O–H groups in total. The molecule has 3 aromatic rings. The average Bonchev–Trinajstić information content (AvgIpc) is 3.31. The van der Waals surface area contributed by atoms with Gasteiger partial charge in [0.05, 0.1) is 23.0 Å². The Labute approximate surface area is 167 Å². The van der Waals surface area contributed by atoms with E-state index in [-0.39, 0.29) is 30.2 Å². The van der Waals surface area contributed by atoms with Crippen molar-refractivity contribution in [2.45, 2.75) is 24.3 Å². The van der Waals surface area contributed by atoms with Gasteiger partial charge in [-0.05, 0) is 43.5 Å². The van der Waals surface area contributed by atoms with Gasteiger partial charge in [0.25, 0.3) is 0 Å². The van der Waals surface area contributed by atoms with Gasteiger partial charge in [-0.1, -0.05) is 18.2 Å². The van der Waals surface area contributed by atoms with E-state index in [1.807, 2.05) is 61.7 Å². The summed E-state index contributed by atoms with van der Waals surface area (Å²) in [6.07, 6.45) is 2.22. The zero-order chi connectivity index (χ0) is 19.7. The normalized spacial score (nSPS) is 17.9. The molecule has 144 valence electrons. The van der Waals surface area contributed by atoms with Crippen molar-refractivity contribution in [2.24, 2.45) is 5.92 Å². The second-order valence-electron chi connectivity index (χ2n) is 6.98. The summed E-state index contributed by atoms with van der Waals surface area (Å²) in [7, 11) is 0. The van der Waals surface area contributed by atoms with Gasteiger partial charge >= 0.3 is 0 Å². The van der Waals surface area contributed by atoms with Crippen LogP contribution in [0.5, 0.6) is 0 Å². The SMILES string of the molecule is CSc1cccc(N2C[C@@H](C(=O)N[C@@H](C)c3nc4ccccc4[nH]3)CC2=O)c1. The zero-order valence-corrected chi connectivity index (χ0v) is 16.6. The van der Waals surface area contributed by atoms with Crippen molar-refractivity contribution in [3.05, 3.63) is 54.4 Å². The number of H-pyrrole nitrogens is 1. The van der Waals surface area contributed by atoms with Crippen molar-refractivity contribution in [2.75, 3.05) is 17.7 Å². The highest BCUT2D eigenvalue weighted by molar-refractivity contribution is 7.98. The van der Waals surface area contributed by atoms with Crippen LogP contribution in [-0.4, -0.2) is 34.6 Å². The number of carbonyl (C=O) groups is 2. The fraction of sp³-hybridized carbons (Fsp3) is 0.286. The number of nitrogens with one attached hydrogen (secondary N) is 2. The van der Waals surface area contributed by atoms with Gasteiger partial charge in [0.2, 0.25) is 11.8 Å². The minimum Gasteiger partial charge on any atom is -0.346 e. The zero-order valence-electron chi connectivity index (χ0n) is 15.8. The van der Waals surface area contributed by atoms with Crippen molar-refractivity contribution in [1.82, 2.24) is 15.3 Å². The molecule has 28 heavy (non-hydrogen) atoms. The molecule has 1 aromatic heterocycles. The van der Waals surface area contributed by atoms with Crippen LogP contribution in [0.1, 0.15) is 25.2 Å². The van der Waals surface area contributed by atoms with Crippen molar-refractivity contribution >= 4 is 40.3 Å². The highest BCUT2D eigenvalue weighted by Gasteiger charge is 2.35. The van der Waals surface area contributed by atoms with Crippen LogP contribution in [0, 0.1) is 5.92 Å². The Morgan fingerprint density at radius 1 is 1.29 bits per heavy atom. The first-order valence-electron chi connectivity index (χ1n) is 9.24. The predicted molar refractivity (Wildman–Crippen MR) is 111 cm³/mol. The molecule has 7 heteroatoms. The topological polar surface area (TPSA) is 78.1 Å². The highest BCUT2D eigenvalue weighted by Crippen LogP contribution is 2.28. The van der Waals surface area contributed by atoms with E-state index in [9.17, 15) is 9.59 Å². The van der Waals surface area contributed by atoms with Crippen LogP contribution >= 0.6 is 11.8 Å². The Kier molecular flexibility index (Phi) is 5.09. The molecule has 2 aromatic carbocycles. The van der Waals surface area contributed by atoms with E-state index in [1.165, 1.54) is 0 Å². The molecule has 0 saturated carbocycles. The number of aromatic amines is 1. The maximum atomic E-state index is 12.8. The van der Waals surface area contributed by atoms with Crippen molar-refractivity contribution in [1.29, 1.82) is 0 Å². The summed E-state index contributed by atoms with van der Waals surface area (Å²) in [5, 5.41) is 3.00. The van der Waals surface area contributed by atoms with Crippen LogP contribution < -0.4 is 10.2 Å². The van der Waals surface area contributed by atoms with Gasteiger partial charge in [0, 0.05) is 23.5 Å². The third kappa shape index (κ3) is 3.62. The standard InChI is InChI=1S/C21H22N4O2S/c1-13(20-23-17-8-3-4-9-18(17)24-20)22-21(27)14-10-19(26)25(12-14)15-6-5-7-16(11-15)28-2/h3-9,11,13-14H,10,12H2,1-2H3,(H,22,27)(H,23,24)/t13-,14-/m0/s1. The minimum absolute atomic E-state index is 0.0187. The molecule has 1 fully saturated rings. The molecule has 0 unspecified atom stereocenters. The van der Waals surface area contributed by atoms with E-state index in [4.69, 9.17) is 0 Å². The Morgan fingerprint density at radius 2 is 2.11 bits per heavy atom. The lowest BCUT2D eigenvalue weighted by atomic mass is 10.1. The largest absolute Gasteiger partial charge is 0.346 e. The number of fused-ring (bicyclic) bond motifs is 1. The van der Waals surface area contributed by atoms with Crippen LogP contribution in [0.4, 0.5) is 5.69 Å². The lowest BCUT2D eigenvalue weighted by Crippen LogP contribution is -2.35. The van der Waals surface area contributed by atoms with Gasteiger partial charge in [0.1, 0.15) is 5.82 Å². The molecule has 0 bridgehead atoms. The summed E-state index contributed by atoms with van der Waals surface area (Å²) >= 11 is 1.63. The van der Waals surface area contributed by atoms with Gasteiger partial charge in [-0.15, -0.1) is 11.8 Å². The molecule has 2 heterocycles. The minimum atomic E-state index is -0.364. The van der Waals surface area contributed by atoms with Gasteiger partial charge in [0.15, 0.2) is 0 Å².